The minimum atomic E-state index is -1.31. The van der Waals surface area contributed by atoms with Gasteiger partial charge in [0.25, 0.3) is 5.91 Å². The molecule has 0 aliphatic heterocycles. The van der Waals surface area contributed by atoms with E-state index < -0.39 is 22.8 Å². The van der Waals surface area contributed by atoms with Crippen LogP contribution in [0.2, 0.25) is 10.0 Å². The number of halogens is 4. The van der Waals surface area contributed by atoms with E-state index in [2.05, 4.69) is 10.5 Å². The van der Waals surface area contributed by atoms with Crippen LogP contribution >= 0.6 is 46.4 Å². The molecule has 1 aromatic heterocycles. The van der Waals surface area contributed by atoms with Gasteiger partial charge in [-0.25, -0.2) is 0 Å². The Morgan fingerprint density at radius 2 is 1.69 bits per heavy atom. The van der Waals surface area contributed by atoms with Gasteiger partial charge < -0.3 is 20.5 Å². The summed E-state index contributed by atoms with van der Waals surface area (Å²) in [4.78, 5) is 26.2. The molecule has 0 aliphatic carbocycles. The number of carbonyl (C=O) groups is 2. The zero-order valence-electron chi connectivity index (χ0n) is 22.1. The van der Waals surface area contributed by atoms with Gasteiger partial charge in [0.1, 0.15) is 5.69 Å². The number of anilines is 1. The van der Waals surface area contributed by atoms with Crippen LogP contribution in [0.1, 0.15) is 34.1 Å². The maximum absolute atomic E-state index is 13.1. The van der Waals surface area contributed by atoms with Crippen molar-refractivity contribution >= 4 is 63.9 Å². The summed E-state index contributed by atoms with van der Waals surface area (Å²) in [6, 6.07) is 12.9. The number of hydrogen-bond donors (Lipinski definition) is 2. The van der Waals surface area contributed by atoms with E-state index in [4.69, 9.17) is 56.7 Å². The van der Waals surface area contributed by atoms with E-state index in [0.29, 0.717) is 38.3 Å². The Morgan fingerprint density at radius 1 is 1.05 bits per heavy atom. The molecule has 39 heavy (non-hydrogen) atoms. The third kappa shape index (κ3) is 7.68. The predicted octanol–water partition coefficient (Wildman–Crippen LogP) is 6.97. The van der Waals surface area contributed by atoms with Gasteiger partial charge in [0, 0.05) is 35.5 Å². The van der Waals surface area contributed by atoms with E-state index in [1.807, 2.05) is 33.8 Å². The largest absolute Gasteiger partial charge is 0.356 e. The first-order valence-electron chi connectivity index (χ1n) is 12.6. The molecule has 3 atom stereocenters. The first kappa shape index (κ1) is 31.2. The van der Waals surface area contributed by atoms with Gasteiger partial charge >= 0.3 is 0 Å². The quantitative estimate of drug-likeness (QED) is 0.227. The second-order valence-electron chi connectivity index (χ2n) is 9.74. The number of aromatic nitrogens is 1. The van der Waals surface area contributed by atoms with Crippen molar-refractivity contribution in [2.75, 3.05) is 11.4 Å². The van der Waals surface area contributed by atoms with Crippen molar-refractivity contribution in [3.05, 3.63) is 58.6 Å². The third-order valence-corrected chi connectivity index (χ3v) is 7.70. The van der Waals surface area contributed by atoms with E-state index in [1.165, 1.54) is 4.90 Å². The maximum Gasteiger partial charge on any atom is 0.260 e. The van der Waals surface area contributed by atoms with E-state index in [9.17, 15) is 9.59 Å². The van der Waals surface area contributed by atoms with Crippen molar-refractivity contribution in [2.45, 2.75) is 51.0 Å². The molecule has 11 heteroatoms. The number of nitrogens with zero attached hydrogens (tertiary/aromatic N) is 2. The van der Waals surface area contributed by atoms with E-state index in [1.54, 1.807) is 42.5 Å². The number of carbonyl (C=O) groups excluding carboxylic acids is 2. The highest BCUT2D eigenvalue weighted by molar-refractivity contribution is 6.54. The lowest BCUT2D eigenvalue weighted by Gasteiger charge is -2.32. The van der Waals surface area contributed by atoms with Crippen LogP contribution in [0.4, 0.5) is 5.69 Å². The Morgan fingerprint density at radius 3 is 2.28 bits per heavy atom. The van der Waals surface area contributed by atoms with Crippen molar-refractivity contribution in [2.24, 2.45) is 17.6 Å². The molecule has 1 heterocycles. The van der Waals surface area contributed by atoms with Gasteiger partial charge in [-0.1, -0.05) is 104 Å². The van der Waals surface area contributed by atoms with Crippen molar-refractivity contribution in [1.82, 2.24) is 10.5 Å². The maximum atomic E-state index is 13.1. The molecule has 7 nitrogen and oxygen atoms in total. The fraction of sp³-hybridized carbons (Fsp3) is 0.393. The number of benzene rings is 2. The van der Waals surface area contributed by atoms with Crippen molar-refractivity contribution in [3.8, 4) is 22.6 Å². The molecule has 0 spiro atoms. The van der Waals surface area contributed by atoms with Gasteiger partial charge in [0.05, 0.1) is 16.1 Å². The Bertz CT molecular complexity index is 1280. The molecular weight excluding hydrogens is 582 g/mol. The number of alkyl halides is 2. The molecule has 2 amide bonds. The molecule has 0 saturated carbocycles. The Balaban J connectivity index is 1.93. The molecule has 3 N–H and O–H groups in total. The van der Waals surface area contributed by atoms with E-state index in [0.717, 1.165) is 6.42 Å². The molecule has 0 saturated heterocycles. The van der Waals surface area contributed by atoms with Crippen LogP contribution in [0.5, 0.6) is 0 Å². The molecule has 0 radical (unpaired) electrons. The van der Waals surface area contributed by atoms with Crippen LogP contribution < -0.4 is 16.0 Å². The minimum absolute atomic E-state index is 0.00902. The molecule has 3 aromatic rings. The summed E-state index contributed by atoms with van der Waals surface area (Å²) in [5.41, 5.74) is 8.35. The molecule has 0 aliphatic rings. The Kier molecular flexibility index (Phi) is 11.1. The molecular formula is C28H32Cl4N4O3. The number of amides is 2. The van der Waals surface area contributed by atoms with Crippen LogP contribution in [0.25, 0.3) is 22.6 Å². The highest BCUT2D eigenvalue weighted by atomic mass is 35.5. The number of rotatable bonds is 11. The highest BCUT2D eigenvalue weighted by Crippen LogP contribution is 2.36. The van der Waals surface area contributed by atoms with Crippen LogP contribution in [-0.2, 0) is 9.59 Å². The van der Waals surface area contributed by atoms with Crippen molar-refractivity contribution in [1.29, 1.82) is 0 Å². The lowest BCUT2D eigenvalue weighted by molar-refractivity contribution is -0.124. The van der Waals surface area contributed by atoms with Crippen LogP contribution in [0.15, 0.2) is 53.1 Å². The fourth-order valence-electron chi connectivity index (χ4n) is 3.95. The molecule has 210 valence electrons. The normalized spacial score (nSPS) is 13.8. The zero-order chi connectivity index (χ0) is 28.9. The van der Waals surface area contributed by atoms with Crippen LogP contribution in [-0.4, -0.2) is 40.4 Å². The fourth-order valence-corrected chi connectivity index (χ4v) is 4.78. The predicted molar refractivity (Wildman–Crippen MR) is 159 cm³/mol. The van der Waals surface area contributed by atoms with Gasteiger partial charge in [-0.15, -0.1) is 0 Å². The summed E-state index contributed by atoms with van der Waals surface area (Å²) in [5.74, 6) is -0.364. The molecule has 1 unspecified atom stereocenters. The molecule has 2 aromatic carbocycles. The monoisotopic (exact) mass is 612 g/mol. The molecule has 0 fully saturated rings. The second-order valence-corrected chi connectivity index (χ2v) is 11.7. The van der Waals surface area contributed by atoms with E-state index >= 15 is 0 Å². The smallest absolute Gasteiger partial charge is 0.260 e. The zero-order valence-corrected chi connectivity index (χ0v) is 25.2. The Hall–Kier alpha value is -2.29. The summed E-state index contributed by atoms with van der Waals surface area (Å²) in [5, 5.41) is 8.03. The van der Waals surface area contributed by atoms with Gasteiger partial charge in [0.2, 0.25) is 5.91 Å². The van der Waals surface area contributed by atoms with E-state index in [-0.39, 0.29) is 24.3 Å². The topological polar surface area (TPSA) is 101 Å². The SMILES string of the molecule is CCC(C)[C@H](N)C(=O)N[C@H](CN(C(=O)C(Cl)Cl)c1cccc(-c2cc(-c3c(Cl)cccc3Cl)no2)c1)C(C)C. The minimum Gasteiger partial charge on any atom is -0.356 e. The van der Waals surface area contributed by atoms with Gasteiger partial charge in [-0.2, -0.15) is 0 Å². The number of nitrogens with two attached hydrogens (primary N) is 1. The lowest BCUT2D eigenvalue weighted by Crippen LogP contribution is -2.54. The Labute approximate surface area is 248 Å². The van der Waals surface area contributed by atoms with Gasteiger partial charge in [0.15, 0.2) is 10.6 Å². The summed E-state index contributed by atoms with van der Waals surface area (Å²) in [6.45, 7) is 7.94. The van der Waals surface area contributed by atoms with Gasteiger partial charge in [-0.3, -0.25) is 9.59 Å². The highest BCUT2D eigenvalue weighted by Gasteiger charge is 2.30. The summed E-state index contributed by atoms with van der Waals surface area (Å²) >= 11 is 24.7. The van der Waals surface area contributed by atoms with Crippen molar-refractivity contribution < 1.29 is 14.1 Å². The average molecular weight is 614 g/mol. The average Bonchev–Trinajstić information content (AvgIpc) is 3.39. The van der Waals surface area contributed by atoms with Gasteiger partial charge in [-0.05, 0) is 36.1 Å². The first-order chi connectivity index (χ1) is 18.4. The molecule has 0 bridgehead atoms. The third-order valence-electron chi connectivity index (χ3n) is 6.70. The summed E-state index contributed by atoms with van der Waals surface area (Å²) < 4.78 is 5.60. The number of nitrogens with one attached hydrogen (secondary N) is 1. The van der Waals surface area contributed by atoms with Crippen LogP contribution in [0.3, 0.4) is 0 Å². The first-order valence-corrected chi connectivity index (χ1v) is 14.2. The second kappa shape index (κ2) is 13.9. The molecule has 3 rings (SSSR count). The lowest BCUT2D eigenvalue weighted by atomic mass is 9.97. The summed E-state index contributed by atoms with van der Waals surface area (Å²) in [7, 11) is 0. The number of hydrogen-bond acceptors (Lipinski definition) is 5. The standard InChI is InChI=1S/C28H32Cl4N4O3/c1-5-16(4)25(33)27(37)34-22(15(2)3)14-36(28(38)26(31)32)18-9-6-8-17(12-18)23-13-21(35-39-23)24-19(29)10-7-11-20(24)30/h6-13,15-16,22,25-26H,5,14,33H2,1-4H3,(H,34,37)/t16?,22-,25+/m1/s1. The van der Waals surface area contributed by atoms with Crippen LogP contribution in [0, 0.1) is 11.8 Å². The van der Waals surface area contributed by atoms with Crippen molar-refractivity contribution in [3.63, 3.8) is 0 Å². The summed E-state index contributed by atoms with van der Waals surface area (Å²) in [6.07, 6.45) is 0.768.